The highest BCUT2D eigenvalue weighted by Crippen LogP contribution is 2.43. The summed E-state index contributed by atoms with van der Waals surface area (Å²) in [6, 6.07) is 9.55. The summed E-state index contributed by atoms with van der Waals surface area (Å²) in [6.07, 6.45) is 3.13. The predicted octanol–water partition coefficient (Wildman–Crippen LogP) is 5.82. The first-order valence-corrected chi connectivity index (χ1v) is 13.7. The van der Waals surface area contributed by atoms with Gasteiger partial charge in [-0.05, 0) is 63.3 Å². The minimum absolute atomic E-state index is 0.0561. The fourth-order valence-electron chi connectivity index (χ4n) is 6.13. The predicted molar refractivity (Wildman–Crippen MR) is 152 cm³/mol. The number of aryl methyl sites for hydroxylation is 2. The van der Waals surface area contributed by atoms with Gasteiger partial charge in [-0.2, -0.15) is 0 Å². The molecule has 1 saturated heterocycles. The van der Waals surface area contributed by atoms with Gasteiger partial charge in [-0.25, -0.2) is 13.5 Å². The van der Waals surface area contributed by atoms with Gasteiger partial charge in [-0.3, -0.25) is 4.98 Å². The zero-order chi connectivity index (χ0) is 29.1. The van der Waals surface area contributed by atoms with Crippen LogP contribution in [0.4, 0.5) is 8.78 Å². The number of aromatic nitrogens is 5. The van der Waals surface area contributed by atoms with Gasteiger partial charge in [0.25, 0.3) is 0 Å². The molecule has 0 saturated carbocycles. The van der Waals surface area contributed by atoms with Gasteiger partial charge in [-0.15, -0.1) is 5.10 Å². The number of pyridine rings is 1. The molecule has 6 rings (SSSR count). The summed E-state index contributed by atoms with van der Waals surface area (Å²) in [5.74, 6) is -1.38. The lowest BCUT2D eigenvalue weighted by molar-refractivity contribution is 0.0547. The molecule has 1 unspecified atom stereocenters. The smallest absolute Gasteiger partial charge is 0.165 e. The zero-order valence-electron chi connectivity index (χ0n) is 23.8. The Morgan fingerprint density at radius 1 is 1.07 bits per heavy atom. The van der Waals surface area contributed by atoms with Crippen molar-refractivity contribution in [2.45, 2.75) is 45.3 Å². The fourth-order valence-corrected chi connectivity index (χ4v) is 6.13. The number of hydrogen-bond acceptors (Lipinski definition) is 6. The van der Waals surface area contributed by atoms with E-state index in [0.717, 1.165) is 45.0 Å². The SMILES string of the molecule is COc1cc(F)c(C(C2CCOCC2)n2c3cc(C(C)(C)O)ccc3c3ncc(-c4c(C)nnn4C)cc32)cc1F. The molecule has 214 valence electrons. The third kappa shape index (κ3) is 4.64. The van der Waals surface area contributed by atoms with Crippen LogP contribution in [0.5, 0.6) is 5.75 Å². The molecule has 1 fully saturated rings. The summed E-state index contributed by atoms with van der Waals surface area (Å²) in [4.78, 5) is 4.88. The molecule has 1 aliphatic rings. The standard InChI is InChI=1S/C31H33F2N5O3/c1-17-29(37(4)36-35-17)19-12-26-28(34-16-19)21-7-6-20(31(2,3)39)13-25(21)38(26)30(18-8-10-41-11-9-18)22-14-24(33)27(40-5)15-23(22)32/h6-7,12-16,18,30,39H,8-11H2,1-5H3. The summed E-state index contributed by atoms with van der Waals surface area (Å²) < 4.78 is 45.6. The Morgan fingerprint density at radius 2 is 1.83 bits per heavy atom. The number of nitrogens with zero attached hydrogens (tertiary/aromatic N) is 5. The molecule has 0 spiro atoms. The Hall–Kier alpha value is -3.89. The van der Waals surface area contributed by atoms with Crippen molar-refractivity contribution < 1.29 is 23.4 Å². The second-order valence-electron chi connectivity index (χ2n) is 11.3. The van der Waals surface area contributed by atoms with E-state index < -0.39 is 23.3 Å². The van der Waals surface area contributed by atoms with Crippen LogP contribution in [-0.4, -0.2) is 50.0 Å². The molecule has 0 radical (unpaired) electrons. The number of methoxy groups -OCH3 is 1. The first-order chi connectivity index (χ1) is 19.6. The lowest BCUT2D eigenvalue weighted by Gasteiger charge is -2.33. The van der Waals surface area contributed by atoms with E-state index in [4.69, 9.17) is 14.5 Å². The maximum atomic E-state index is 15.9. The van der Waals surface area contributed by atoms with Crippen LogP contribution >= 0.6 is 0 Å². The van der Waals surface area contributed by atoms with Gasteiger partial charge in [0.1, 0.15) is 5.82 Å². The van der Waals surface area contributed by atoms with Crippen molar-refractivity contribution in [3.05, 3.63) is 71.1 Å². The largest absolute Gasteiger partial charge is 0.494 e. The minimum Gasteiger partial charge on any atom is -0.494 e. The summed E-state index contributed by atoms with van der Waals surface area (Å²) in [5.41, 5.74) is 4.46. The van der Waals surface area contributed by atoms with Crippen molar-refractivity contribution in [2.75, 3.05) is 20.3 Å². The lowest BCUT2D eigenvalue weighted by atomic mass is 9.86. The third-order valence-corrected chi connectivity index (χ3v) is 8.20. The Labute approximate surface area is 236 Å². The molecule has 2 aromatic carbocycles. The Kier molecular flexibility index (Phi) is 6.78. The van der Waals surface area contributed by atoms with E-state index in [1.54, 1.807) is 24.7 Å². The Morgan fingerprint density at radius 3 is 2.49 bits per heavy atom. The monoisotopic (exact) mass is 561 g/mol. The maximum Gasteiger partial charge on any atom is 0.165 e. The lowest BCUT2D eigenvalue weighted by Crippen LogP contribution is -2.28. The molecule has 5 aromatic rings. The molecule has 1 aliphatic heterocycles. The highest BCUT2D eigenvalue weighted by molar-refractivity contribution is 6.07. The number of hydrogen-bond donors (Lipinski definition) is 1. The molecule has 8 nitrogen and oxygen atoms in total. The van der Waals surface area contributed by atoms with Crippen LogP contribution in [0.2, 0.25) is 0 Å². The van der Waals surface area contributed by atoms with Crippen molar-refractivity contribution in [1.82, 2.24) is 24.5 Å². The van der Waals surface area contributed by atoms with Crippen LogP contribution in [0.1, 0.15) is 49.6 Å². The van der Waals surface area contributed by atoms with Crippen LogP contribution in [-0.2, 0) is 17.4 Å². The van der Waals surface area contributed by atoms with Crippen LogP contribution < -0.4 is 4.74 Å². The third-order valence-electron chi connectivity index (χ3n) is 8.20. The molecule has 0 aliphatic carbocycles. The topological polar surface area (TPSA) is 87.2 Å². The van der Waals surface area contributed by atoms with E-state index in [-0.39, 0.29) is 17.2 Å². The molecule has 41 heavy (non-hydrogen) atoms. The molecule has 4 heterocycles. The maximum absolute atomic E-state index is 15.9. The van der Waals surface area contributed by atoms with E-state index >= 15 is 8.78 Å². The first kappa shape index (κ1) is 27.3. The molecule has 1 N–H and O–H groups in total. The second kappa shape index (κ2) is 10.2. The molecule has 0 amide bonds. The van der Waals surface area contributed by atoms with Crippen molar-refractivity contribution in [3.8, 4) is 17.0 Å². The zero-order valence-corrected chi connectivity index (χ0v) is 23.8. The number of fused-ring (bicyclic) bond motifs is 3. The van der Waals surface area contributed by atoms with Gasteiger partial charge in [0.15, 0.2) is 11.6 Å². The summed E-state index contributed by atoms with van der Waals surface area (Å²) in [6.45, 7) is 6.39. The number of ether oxygens (including phenoxy) is 2. The molecule has 0 bridgehead atoms. The summed E-state index contributed by atoms with van der Waals surface area (Å²) in [7, 11) is 3.14. The first-order valence-electron chi connectivity index (χ1n) is 13.7. The molecule has 3 aromatic heterocycles. The highest BCUT2D eigenvalue weighted by atomic mass is 19.1. The average molecular weight is 562 g/mol. The van der Waals surface area contributed by atoms with E-state index in [9.17, 15) is 5.11 Å². The molecule has 1 atom stereocenters. The van der Waals surface area contributed by atoms with Crippen molar-refractivity contribution >= 4 is 21.9 Å². The summed E-state index contributed by atoms with van der Waals surface area (Å²) >= 11 is 0. The van der Waals surface area contributed by atoms with Crippen molar-refractivity contribution in [1.29, 1.82) is 0 Å². The van der Waals surface area contributed by atoms with Crippen molar-refractivity contribution in [3.63, 3.8) is 0 Å². The van der Waals surface area contributed by atoms with E-state index in [0.29, 0.717) is 31.6 Å². The molecular weight excluding hydrogens is 528 g/mol. The highest BCUT2D eigenvalue weighted by Gasteiger charge is 2.33. The van der Waals surface area contributed by atoms with Crippen LogP contribution in [0.3, 0.4) is 0 Å². The van der Waals surface area contributed by atoms with Gasteiger partial charge in [0.05, 0.1) is 46.7 Å². The minimum atomic E-state index is -1.11. The van der Waals surface area contributed by atoms with Gasteiger partial charge in [-0.1, -0.05) is 17.3 Å². The van der Waals surface area contributed by atoms with E-state index in [1.807, 2.05) is 38.2 Å². The van der Waals surface area contributed by atoms with Gasteiger partial charge >= 0.3 is 0 Å². The van der Waals surface area contributed by atoms with Gasteiger partial charge < -0.3 is 19.1 Å². The normalized spacial score (nSPS) is 15.6. The van der Waals surface area contributed by atoms with Crippen LogP contribution in [0.25, 0.3) is 33.2 Å². The Balaban J connectivity index is 1.72. The number of rotatable bonds is 6. The van der Waals surface area contributed by atoms with Crippen LogP contribution in [0, 0.1) is 24.5 Å². The number of halogens is 2. The van der Waals surface area contributed by atoms with Gasteiger partial charge in [0, 0.05) is 49.0 Å². The average Bonchev–Trinajstić information content (AvgIpc) is 3.46. The quantitative estimate of drug-likeness (QED) is 0.281. The fraction of sp³-hybridized carbons (Fsp3) is 0.387. The van der Waals surface area contributed by atoms with Crippen LogP contribution in [0.15, 0.2) is 42.6 Å². The molecular formula is C31H33F2N5O3. The van der Waals surface area contributed by atoms with Gasteiger partial charge in [0.2, 0.25) is 0 Å². The second-order valence-corrected chi connectivity index (χ2v) is 11.3. The van der Waals surface area contributed by atoms with E-state index in [1.165, 1.54) is 13.2 Å². The number of aliphatic hydroxyl groups is 1. The number of benzene rings is 2. The molecule has 10 heteroatoms. The summed E-state index contributed by atoms with van der Waals surface area (Å²) in [5, 5.41) is 20.1. The van der Waals surface area contributed by atoms with E-state index in [2.05, 4.69) is 14.9 Å². The Bertz CT molecular complexity index is 1750. The van der Waals surface area contributed by atoms with Crippen molar-refractivity contribution in [2.24, 2.45) is 13.0 Å².